The fraction of sp³-hybridized carbons (Fsp3) is 0.562. The van der Waals surface area contributed by atoms with Crippen LogP contribution in [0, 0.1) is 0 Å². The summed E-state index contributed by atoms with van der Waals surface area (Å²) in [7, 11) is 0. The van der Waals surface area contributed by atoms with Gasteiger partial charge in [0.25, 0.3) is 0 Å². The van der Waals surface area contributed by atoms with Crippen LogP contribution in [0.4, 0.5) is 5.69 Å². The lowest BCUT2D eigenvalue weighted by Crippen LogP contribution is -2.51. The molecule has 3 rings (SSSR count). The topological polar surface area (TPSA) is 43.8 Å². The van der Waals surface area contributed by atoms with Gasteiger partial charge in [-0.2, -0.15) is 11.8 Å². The van der Waals surface area contributed by atoms with Crippen molar-refractivity contribution >= 4 is 23.4 Å². The van der Waals surface area contributed by atoms with Gasteiger partial charge < -0.3 is 10.0 Å². The number of benzene rings is 1. The number of fused-ring (bicyclic) bond motifs is 1. The molecule has 2 aliphatic rings. The maximum atomic E-state index is 12.9. The molecule has 114 valence electrons. The van der Waals surface area contributed by atoms with Crippen LogP contribution in [0.5, 0.6) is 5.75 Å². The van der Waals surface area contributed by atoms with Crippen molar-refractivity contribution in [3.63, 3.8) is 0 Å². The molecule has 1 aromatic rings. The zero-order valence-electron chi connectivity index (χ0n) is 12.4. The summed E-state index contributed by atoms with van der Waals surface area (Å²) in [4.78, 5) is 16.9. The average molecular weight is 306 g/mol. The molecule has 0 bridgehead atoms. The van der Waals surface area contributed by atoms with E-state index in [0.717, 1.165) is 48.7 Å². The first-order chi connectivity index (χ1) is 10.2. The fourth-order valence-corrected chi connectivity index (χ4v) is 4.13. The second-order valence-electron chi connectivity index (χ2n) is 5.70. The summed E-state index contributed by atoms with van der Waals surface area (Å²) in [5.41, 5.74) is 1.81. The van der Waals surface area contributed by atoms with Crippen molar-refractivity contribution in [2.75, 3.05) is 36.0 Å². The van der Waals surface area contributed by atoms with Gasteiger partial charge >= 0.3 is 0 Å². The Balaban J connectivity index is 1.82. The van der Waals surface area contributed by atoms with E-state index in [1.165, 1.54) is 0 Å². The predicted molar refractivity (Wildman–Crippen MR) is 87.1 cm³/mol. The van der Waals surface area contributed by atoms with Crippen molar-refractivity contribution in [3.8, 4) is 5.75 Å². The Morgan fingerprint density at radius 3 is 2.81 bits per heavy atom. The molecule has 0 aromatic heterocycles. The van der Waals surface area contributed by atoms with Crippen LogP contribution < -0.4 is 4.90 Å². The van der Waals surface area contributed by atoms with Gasteiger partial charge in [-0.1, -0.05) is 12.1 Å². The highest BCUT2D eigenvalue weighted by molar-refractivity contribution is 7.99. The number of phenols is 1. The summed E-state index contributed by atoms with van der Waals surface area (Å²) in [6, 6.07) is 5.42. The minimum Gasteiger partial charge on any atom is -0.506 e. The van der Waals surface area contributed by atoms with Crippen LogP contribution in [0.15, 0.2) is 18.2 Å². The largest absolute Gasteiger partial charge is 0.506 e. The van der Waals surface area contributed by atoms with E-state index in [-0.39, 0.29) is 17.7 Å². The lowest BCUT2D eigenvalue weighted by Gasteiger charge is -2.37. The van der Waals surface area contributed by atoms with Crippen LogP contribution in [-0.2, 0) is 11.2 Å². The van der Waals surface area contributed by atoms with Gasteiger partial charge in [0, 0.05) is 31.1 Å². The quantitative estimate of drug-likeness (QED) is 0.909. The number of nitrogens with zero attached hydrogens (tertiary/aromatic N) is 2. The number of hydrogen-bond acceptors (Lipinski definition) is 4. The van der Waals surface area contributed by atoms with Crippen molar-refractivity contribution in [1.29, 1.82) is 0 Å². The molecule has 5 heteroatoms. The highest BCUT2D eigenvalue weighted by Gasteiger charge is 2.31. The van der Waals surface area contributed by atoms with Crippen LogP contribution in [0.1, 0.15) is 18.9 Å². The molecule has 1 aromatic carbocycles. The second-order valence-corrected chi connectivity index (χ2v) is 6.93. The molecule has 1 amide bonds. The van der Waals surface area contributed by atoms with Crippen molar-refractivity contribution in [1.82, 2.24) is 4.90 Å². The Labute approximate surface area is 130 Å². The van der Waals surface area contributed by atoms with E-state index in [1.807, 2.05) is 30.8 Å². The smallest absolute Gasteiger partial charge is 0.244 e. The summed E-state index contributed by atoms with van der Waals surface area (Å²) >= 11 is 1.95. The molecule has 0 saturated carbocycles. The molecule has 0 aliphatic carbocycles. The van der Waals surface area contributed by atoms with E-state index in [9.17, 15) is 9.90 Å². The number of hydrogen-bond donors (Lipinski definition) is 1. The first-order valence-electron chi connectivity index (χ1n) is 7.62. The monoisotopic (exact) mass is 306 g/mol. The van der Waals surface area contributed by atoms with Crippen molar-refractivity contribution in [2.24, 2.45) is 0 Å². The Morgan fingerprint density at radius 1 is 1.29 bits per heavy atom. The third-order valence-corrected chi connectivity index (χ3v) is 5.36. The number of para-hydroxylation sites is 1. The first-order valence-corrected chi connectivity index (χ1v) is 8.78. The molecule has 2 aliphatic heterocycles. The number of rotatable bonds is 2. The van der Waals surface area contributed by atoms with Crippen LogP contribution in [-0.4, -0.2) is 53.1 Å². The van der Waals surface area contributed by atoms with Crippen molar-refractivity contribution < 1.29 is 9.90 Å². The van der Waals surface area contributed by atoms with E-state index < -0.39 is 0 Å². The zero-order chi connectivity index (χ0) is 14.8. The Bertz CT molecular complexity index is 529. The molecule has 2 heterocycles. The van der Waals surface area contributed by atoms with Crippen LogP contribution in [0.25, 0.3) is 0 Å². The first kappa shape index (κ1) is 14.7. The minimum atomic E-state index is -0.114. The van der Waals surface area contributed by atoms with E-state index in [2.05, 4.69) is 4.90 Å². The van der Waals surface area contributed by atoms with Gasteiger partial charge in [-0.25, -0.2) is 0 Å². The second kappa shape index (κ2) is 6.28. The number of amides is 1. The van der Waals surface area contributed by atoms with Crippen LogP contribution in [0.2, 0.25) is 0 Å². The average Bonchev–Trinajstić information content (AvgIpc) is 2.54. The number of thioether (sulfide) groups is 1. The molecule has 1 saturated heterocycles. The van der Waals surface area contributed by atoms with E-state index in [0.29, 0.717) is 6.54 Å². The highest BCUT2D eigenvalue weighted by atomic mass is 32.2. The Morgan fingerprint density at radius 2 is 2.05 bits per heavy atom. The van der Waals surface area contributed by atoms with Gasteiger partial charge in [-0.05, 0) is 31.4 Å². The Hall–Kier alpha value is -1.20. The maximum Gasteiger partial charge on any atom is 0.244 e. The molecule has 1 fully saturated rings. The summed E-state index contributed by atoms with van der Waals surface area (Å²) < 4.78 is 0. The normalized spacial score (nSPS) is 20.9. The minimum absolute atomic E-state index is 0.114. The molecule has 0 spiro atoms. The van der Waals surface area contributed by atoms with Gasteiger partial charge in [0.05, 0.1) is 11.7 Å². The number of anilines is 1. The molecular weight excluding hydrogens is 284 g/mol. The summed E-state index contributed by atoms with van der Waals surface area (Å²) in [6.45, 7) is 4.64. The SMILES string of the molecule is CC(C(=O)N1CCCc2cccc(O)c21)N1CCSCC1. The molecule has 1 unspecified atom stereocenters. The van der Waals surface area contributed by atoms with Crippen molar-refractivity contribution in [3.05, 3.63) is 23.8 Å². The molecule has 21 heavy (non-hydrogen) atoms. The number of aryl methyl sites for hydroxylation is 1. The van der Waals surface area contributed by atoms with Crippen LogP contribution in [0.3, 0.4) is 0 Å². The molecule has 0 radical (unpaired) electrons. The van der Waals surface area contributed by atoms with Gasteiger partial charge in [-0.15, -0.1) is 0 Å². The Kier molecular flexibility index (Phi) is 4.40. The maximum absolute atomic E-state index is 12.9. The number of carbonyl (C=O) groups excluding carboxylic acids is 1. The fourth-order valence-electron chi connectivity index (χ4n) is 3.20. The van der Waals surface area contributed by atoms with Crippen LogP contribution >= 0.6 is 11.8 Å². The number of aromatic hydroxyl groups is 1. The molecule has 1 N–H and O–H groups in total. The lowest BCUT2D eigenvalue weighted by atomic mass is 10.00. The van der Waals surface area contributed by atoms with E-state index >= 15 is 0 Å². The molecule has 1 atom stereocenters. The third kappa shape index (κ3) is 2.90. The zero-order valence-corrected chi connectivity index (χ0v) is 13.2. The van der Waals surface area contributed by atoms with Gasteiger partial charge in [0.15, 0.2) is 0 Å². The molecule has 4 nitrogen and oxygen atoms in total. The highest BCUT2D eigenvalue weighted by Crippen LogP contribution is 2.36. The number of phenolic OH excluding ortho intramolecular Hbond substituents is 1. The van der Waals surface area contributed by atoms with Gasteiger partial charge in [0.2, 0.25) is 5.91 Å². The van der Waals surface area contributed by atoms with Gasteiger partial charge in [0.1, 0.15) is 5.75 Å². The predicted octanol–water partition coefficient (Wildman–Crippen LogP) is 2.11. The van der Waals surface area contributed by atoms with E-state index in [1.54, 1.807) is 11.0 Å². The van der Waals surface area contributed by atoms with Crippen molar-refractivity contribution in [2.45, 2.75) is 25.8 Å². The lowest BCUT2D eigenvalue weighted by molar-refractivity contribution is -0.123. The van der Waals surface area contributed by atoms with E-state index in [4.69, 9.17) is 0 Å². The summed E-state index contributed by atoms with van der Waals surface area (Å²) in [6.07, 6.45) is 1.90. The van der Waals surface area contributed by atoms with Gasteiger partial charge in [-0.3, -0.25) is 9.69 Å². The standard InChI is InChI=1S/C16H22N2O2S/c1-12(17-8-10-21-11-9-17)16(20)18-7-3-5-13-4-2-6-14(19)15(13)18/h2,4,6,12,19H,3,5,7-11H2,1H3. The third-order valence-electron chi connectivity index (χ3n) is 4.41. The number of carbonyl (C=O) groups is 1. The summed E-state index contributed by atoms with van der Waals surface area (Å²) in [5, 5.41) is 10.2. The summed E-state index contributed by atoms with van der Waals surface area (Å²) in [5.74, 6) is 2.53. The molecular formula is C16H22N2O2S.